The fraction of sp³-hybridized carbons (Fsp3) is 0.300. The molecular formula is C10H13N3O2S. The largest absolute Gasteiger partial charge is 0.469 e. The molecule has 0 amide bonds. The van der Waals surface area contributed by atoms with E-state index in [2.05, 4.69) is 15.0 Å². The summed E-state index contributed by atoms with van der Waals surface area (Å²) in [5.74, 6) is 0.368. The number of rotatable bonds is 5. The smallest absolute Gasteiger partial charge is 0.307 e. The molecule has 0 bridgehead atoms. The Morgan fingerprint density at radius 1 is 1.69 bits per heavy atom. The number of nitrogens with one attached hydrogen (secondary N) is 1. The minimum Gasteiger partial charge on any atom is -0.469 e. The predicted molar refractivity (Wildman–Crippen MR) is 65.2 cm³/mol. The number of pyridine rings is 1. The second-order valence-corrected chi connectivity index (χ2v) is 3.49. The number of hydrogen-bond acceptors (Lipinski definition) is 5. The molecule has 0 radical (unpaired) electrons. The molecule has 0 spiro atoms. The summed E-state index contributed by atoms with van der Waals surface area (Å²) in [6.07, 6.45) is 1.89. The van der Waals surface area contributed by atoms with Crippen LogP contribution < -0.4 is 11.1 Å². The van der Waals surface area contributed by atoms with Crippen molar-refractivity contribution in [2.45, 2.75) is 6.42 Å². The van der Waals surface area contributed by atoms with Gasteiger partial charge in [0.25, 0.3) is 0 Å². The molecule has 0 aromatic carbocycles. The van der Waals surface area contributed by atoms with Gasteiger partial charge in [0.2, 0.25) is 0 Å². The molecule has 0 saturated heterocycles. The standard InChI is InChI=1S/C10H13N3O2S/c1-15-9(14)3-5-13-8-6-7(10(11)16)2-4-12-8/h2,4,6H,3,5H2,1H3,(H2,11,16)(H,12,13). The fourth-order valence-corrected chi connectivity index (χ4v) is 1.20. The highest BCUT2D eigenvalue weighted by atomic mass is 32.1. The zero-order chi connectivity index (χ0) is 12.0. The van der Waals surface area contributed by atoms with Crippen LogP contribution in [-0.4, -0.2) is 29.6 Å². The molecule has 3 N–H and O–H groups in total. The Morgan fingerprint density at radius 2 is 2.44 bits per heavy atom. The number of carbonyl (C=O) groups is 1. The molecule has 1 aromatic rings. The number of carbonyl (C=O) groups excluding carboxylic acids is 1. The van der Waals surface area contributed by atoms with E-state index < -0.39 is 0 Å². The number of ether oxygens (including phenoxy) is 1. The minimum absolute atomic E-state index is 0.266. The van der Waals surface area contributed by atoms with Crippen molar-refractivity contribution in [1.29, 1.82) is 0 Å². The Kier molecular flexibility index (Phi) is 4.65. The highest BCUT2D eigenvalue weighted by Crippen LogP contribution is 2.06. The molecule has 1 heterocycles. The average molecular weight is 239 g/mol. The minimum atomic E-state index is -0.266. The third-order valence-electron chi connectivity index (χ3n) is 1.91. The van der Waals surface area contributed by atoms with Crippen molar-refractivity contribution in [3.8, 4) is 0 Å². The molecular weight excluding hydrogens is 226 g/mol. The van der Waals surface area contributed by atoms with Gasteiger partial charge in [-0.15, -0.1) is 0 Å². The first-order valence-electron chi connectivity index (χ1n) is 4.70. The molecule has 1 rings (SSSR count). The number of hydrogen-bond donors (Lipinski definition) is 2. The van der Waals surface area contributed by atoms with Crippen LogP contribution in [0, 0.1) is 0 Å². The van der Waals surface area contributed by atoms with Gasteiger partial charge in [-0.05, 0) is 12.1 Å². The van der Waals surface area contributed by atoms with Crippen LogP contribution in [0.2, 0.25) is 0 Å². The van der Waals surface area contributed by atoms with Crippen molar-refractivity contribution in [3.05, 3.63) is 23.9 Å². The second kappa shape index (κ2) is 6.02. The number of nitrogens with two attached hydrogens (primary N) is 1. The summed E-state index contributed by atoms with van der Waals surface area (Å²) < 4.78 is 4.51. The maximum atomic E-state index is 10.9. The third kappa shape index (κ3) is 3.82. The van der Waals surface area contributed by atoms with E-state index in [1.807, 2.05) is 0 Å². The van der Waals surface area contributed by atoms with E-state index in [4.69, 9.17) is 18.0 Å². The quantitative estimate of drug-likeness (QED) is 0.581. The third-order valence-corrected chi connectivity index (χ3v) is 2.14. The van der Waals surface area contributed by atoms with Crippen LogP contribution in [-0.2, 0) is 9.53 Å². The van der Waals surface area contributed by atoms with Crippen LogP contribution in [0.15, 0.2) is 18.3 Å². The first kappa shape index (κ1) is 12.4. The van der Waals surface area contributed by atoms with E-state index in [0.717, 1.165) is 5.56 Å². The van der Waals surface area contributed by atoms with Crippen molar-refractivity contribution in [3.63, 3.8) is 0 Å². The Hall–Kier alpha value is -1.69. The monoisotopic (exact) mass is 239 g/mol. The lowest BCUT2D eigenvalue weighted by Crippen LogP contribution is -2.13. The maximum absolute atomic E-state index is 10.9. The Labute approximate surface area is 99.0 Å². The number of anilines is 1. The van der Waals surface area contributed by atoms with Crippen LogP contribution in [0.25, 0.3) is 0 Å². The van der Waals surface area contributed by atoms with Crippen LogP contribution >= 0.6 is 12.2 Å². The summed E-state index contributed by atoms with van der Waals surface area (Å²) in [5.41, 5.74) is 6.22. The van der Waals surface area contributed by atoms with Crippen molar-refractivity contribution in [1.82, 2.24) is 4.98 Å². The van der Waals surface area contributed by atoms with Crippen molar-refractivity contribution >= 4 is 29.0 Å². The number of thiocarbonyl (C=S) groups is 1. The van der Waals surface area contributed by atoms with E-state index in [-0.39, 0.29) is 12.4 Å². The lowest BCUT2D eigenvalue weighted by molar-refractivity contribution is -0.140. The number of aromatic nitrogens is 1. The zero-order valence-electron chi connectivity index (χ0n) is 8.90. The molecule has 0 aliphatic rings. The predicted octanol–water partition coefficient (Wildman–Crippen LogP) is 0.691. The van der Waals surface area contributed by atoms with Crippen LogP contribution in [0.3, 0.4) is 0 Å². The Morgan fingerprint density at radius 3 is 3.06 bits per heavy atom. The van der Waals surface area contributed by atoms with Crippen molar-refractivity contribution in [2.75, 3.05) is 19.0 Å². The Bertz CT molecular complexity index is 395. The molecule has 0 atom stereocenters. The normalized spacial score (nSPS) is 9.56. The van der Waals surface area contributed by atoms with E-state index >= 15 is 0 Å². The van der Waals surface area contributed by atoms with Gasteiger partial charge in [0, 0.05) is 18.3 Å². The summed E-state index contributed by atoms with van der Waals surface area (Å²) in [7, 11) is 1.36. The molecule has 0 aliphatic carbocycles. The molecule has 5 nitrogen and oxygen atoms in total. The molecule has 16 heavy (non-hydrogen) atoms. The molecule has 0 aliphatic heterocycles. The van der Waals surface area contributed by atoms with Gasteiger partial charge in [0.15, 0.2) is 0 Å². The van der Waals surface area contributed by atoms with Gasteiger partial charge in [-0.1, -0.05) is 12.2 Å². The van der Waals surface area contributed by atoms with Gasteiger partial charge in [0.05, 0.1) is 13.5 Å². The lowest BCUT2D eigenvalue weighted by Gasteiger charge is -2.05. The van der Waals surface area contributed by atoms with Crippen molar-refractivity contribution < 1.29 is 9.53 Å². The summed E-state index contributed by atoms with van der Waals surface area (Å²) in [5, 5.41) is 2.98. The van der Waals surface area contributed by atoms with E-state index in [0.29, 0.717) is 17.4 Å². The summed E-state index contributed by atoms with van der Waals surface area (Å²) in [6, 6.07) is 3.47. The van der Waals surface area contributed by atoms with Crippen LogP contribution in [0.4, 0.5) is 5.82 Å². The molecule has 0 unspecified atom stereocenters. The van der Waals surface area contributed by atoms with Crippen molar-refractivity contribution in [2.24, 2.45) is 5.73 Å². The Balaban J connectivity index is 2.51. The summed E-state index contributed by atoms with van der Waals surface area (Å²) >= 11 is 4.84. The fourth-order valence-electron chi connectivity index (χ4n) is 1.08. The van der Waals surface area contributed by atoms with Gasteiger partial charge in [0.1, 0.15) is 10.8 Å². The van der Waals surface area contributed by atoms with Gasteiger partial charge >= 0.3 is 5.97 Å². The SMILES string of the molecule is COC(=O)CCNc1cc(C(N)=S)ccn1. The number of esters is 1. The van der Waals surface area contributed by atoms with Gasteiger partial charge < -0.3 is 15.8 Å². The van der Waals surface area contributed by atoms with E-state index in [1.165, 1.54) is 7.11 Å². The molecule has 0 fully saturated rings. The molecule has 86 valence electrons. The maximum Gasteiger partial charge on any atom is 0.307 e. The van der Waals surface area contributed by atoms with E-state index in [1.54, 1.807) is 18.3 Å². The molecule has 0 saturated carbocycles. The average Bonchev–Trinajstić information content (AvgIpc) is 2.29. The summed E-state index contributed by atoms with van der Waals surface area (Å²) in [4.78, 5) is 15.2. The van der Waals surface area contributed by atoms with Gasteiger partial charge in [-0.25, -0.2) is 4.98 Å². The topological polar surface area (TPSA) is 77.2 Å². The van der Waals surface area contributed by atoms with Gasteiger partial charge in [-0.3, -0.25) is 4.79 Å². The number of nitrogens with zero attached hydrogens (tertiary/aromatic N) is 1. The van der Waals surface area contributed by atoms with Crippen LogP contribution in [0.1, 0.15) is 12.0 Å². The number of methoxy groups -OCH3 is 1. The van der Waals surface area contributed by atoms with E-state index in [9.17, 15) is 4.79 Å². The zero-order valence-corrected chi connectivity index (χ0v) is 9.71. The first-order chi connectivity index (χ1) is 7.63. The molecule has 6 heteroatoms. The molecule has 1 aromatic heterocycles. The van der Waals surface area contributed by atoms with Crippen LogP contribution in [0.5, 0.6) is 0 Å². The lowest BCUT2D eigenvalue weighted by atomic mass is 10.2. The first-order valence-corrected chi connectivity index (χ1v) is 5.11. The highest BCUT2D eigenvalue weighted by Gasteiger charge is 2.01. The van der Waals surface area contributed by atoms with Gasteiger partial charge in [-0.2, -0.15) is 0 Å². The summed E-state index contributed by atoms with van der Waals surface area (Å²) in [6.45, 7) is 0.459. The highest BCUT2D eigenvalue weighted by molar-refractivity contribution is 7.80. The second-order valence-electron chi connectivity index (χ2n) is 3.05.